The molecule has 1 aromatic heterocycles. The van der Waals surface area contributed by atoms with Crippen molar-refractivity contribution in [1.29, 1.82) is 0 Å². The lowest BCUT2D eigenvalue weighted by molar-refractivity contribution is 0.429. The second kappa shape index (κ2) is 9.63. The summed E-state index contributed by atoms with van der Waals surface area (Å²) in [4.78, 5) is 0. The summed E-state index contributed by atoms with van der Waals surface area (Å²) in [5, 5.41) is 23.8. The molecule has 5 nitrogen and oxygen atoms in total. The fraction of sp³-hybridized carbons (Fsp3) is 0.160. The van der Waals surface area contributed by atoms with E-state index in [9.17, 15) is 5.11 Å². The zero-order valence-corrected chi connectivity index (χ0v) is 20.2. The monoisotopic (exact) mass is 506 g/mol. The summed E-state index contributed by atoms with van der Waals surface area (Å²) in [6.07, 6.45) is 0.879. The van der Waals surface area contributed by atoms with E-state index in [4.69, 9.17) is 12.2 Å². The van der Waals surface area contributed by atoms with Crippen molar-refractivity contribution in [2.75, 3.05) is 5.32 Å². The zero-order valence-electron chi connectivity index (χ0n) is 17.8. The third-order valence-corrected chi connectivity index (χ3v) is 5.95. The molecule has 0 atom stereocenters. The lowest BCUT2D eigenvalue weighted by Gasteiger charge is -2.08. The van der Waals surface area contributed by atoms with Gasteiger partial charge in [-0.25, -0.2) is 0 Å². The Hall–Kier alpha value is -3.03. The summed E-state index contributed by atoms with van der Waals surface area (Å²) in [6, 6.07) is 22.0. The zero-order chi connectivity index (χ0) is 22.7. The molecule has 0 amide bonds. The smallest absolute Gasteiger partial charge is 0.221 e. The Kier molecular flexibility index (Phi) is 6.67. The van der Waals surface area contributed by atoms with Gasteiger partial charge in [0.25, 0.3) is 0 Å². The number of nitrogens with one attached hydrogen (secondary N) is 1. The SMILES string of the molecule is CCc1ccccc1NC(=S)N=Nc1c(O)n(Cc2cccc(C)c2)c2ccc(Br)cc12. The highest BCUT2D eigenvalue weighted by atomic mass is 79.9. The molecular weight excluding hydrogens is 484 g/mol. The molecule has 0 aliphatic carbocycles. The maximum absolute atomic E-state index is 11.0. The lowest BCUT2D eigenvalue weighted by Crippen LogP contribution is -2.07. The third-order valence-electron chi connectivity index (χ3n) is 5.28. The molecule has 0 fully saturated rings. The summed E-state index contributed by atoms with van der Waals surface area (Å²) < 4.78 is 2.74. The molecule has 0 unspecified atom stereocenters. The molecule has 0 saturated heterocycles. The van der Waals surface area contributed by atoms with E-state index in [2.05, 4.69) is 57.5 Å². The maximum atomic E-state index is 11.0. The molecular formula is C25H23BrN4OS. The Balaban J connectivity index is 1.68. The van der Waals surface area contributed by atoms with Crippen LogP contribution in [-0.4, -0.2) is 14.8 Å². The second-order valence-electron chi connectivity index (χ2n) is 7.55. The van der Waals surface area contributed by atoms with Crippen molar-refractivity contribution in [3.05, 3.63) is 87.9 Å². The Morgan fingerprint density at radius 3 is 2.69 bits per heavy atom. The number of aryl methyl sites for hydroxylation is 2. The number of benzene rings is 3. The number of nitrogens with zero attached hydrogens (tertiary/aromatic N) is 3. The summed E-state index contributed by atoms with van der Waals surface area (Å²) in [7, 11) is 0. The first kappa shape index (κ1) is 22.2. The molecule has 162 valence electrons. The van der Waals surface area contributed by atoms with Gasteiger partial charge in [-0.05, 0) is 61.0 Å². The minimum absolute atomic E-state index is 0.0557. The normalized spacial score (nSPS) is 11.3. The van der Waals surface area contributed by atoms with Crippen LogP contribution in [0.2, 0.25) is 0 Å². The minimum Gasteiger partial charge on any atom is -0.493 e. The number of azo groups is 1. The van der Waals surface area contributed by atoms with Crippen molar-refractivity contribution in [2.24, 2.45) is 10.2 Å². The van der Waals surface area contributed by atoms with Crippen LogP contribution in [0.4, 0.5) is 11.4 Å². The molecule has 7 heteroatoms. The fourth-order valence-corrected chi connectivity index (χ4v) is 4.25. The van der Waals surface area contributed by atoms with Crippen molar-refractivity contribution in [3.8, 4) is 5.88 Å². The van der Waals surface area contributed by atoms with Crippen LogP contribution in [0.1, 0.15) is 23.6 Å². The first-order valence-corrected chi connectivity index (χ1v) is 11.5. The van der Waals surface area contributed by atoms with Gasteiger partial charge in [0.1, 0.15) is 0 Å². The number of hydrogen-bond acceptors (Lipinski definition) is 3. The van der Waals surface area contributed by atoms with E-state index in [0.717, 1.165) is 38.6 Å². The van der Waals surface area contributed by atoms with Gasteiger partial charge in [0.2, 0.25) is 11.0 Å². The van der Waals surface area contributed by atoms with Crippen LogP contribution in [0.25, 0.3) is 10.9 Å². The van der Waals surface area contributed by atoms with Gasteiger partial charge in [0.05, 0.1) is 12.1 Å². The minimum atomic E-state index is 0.0557. The van der Waals surface area contributed by atoms with E-state index < -0.39 is 0 Å². The number of halogens is 1. The fourth-order valence-electron chi connectivity index (χ4n) is 3.73. The van der Waals surface area contributed by atoms with Gasteiger partial charge in [0, 0.05) is 15.5 Å². The number of thiocarbonyl (C=S) groups is 1. The molecule has 4 aromatic rings. The molecule has 0 saturated carbocycles. The van der Waals surface area contributed by atoms with Crippen LogP contribution in [0.5, 0.6) is 5.88 Å². The maximum Gasteiger partial charge on any atom is 0.221 e. The molecule has 0 bridgehead atoms. The first-order valence-electron chi connectivity index (χ1n) is 10.3. The standard InChI is InChI=1S/C25H23BrN4OS/c1-3-18-9-4-5-10-21(18)27-25(32)29-28-23-20-14-19(26)11-12-22(20)30(24(23)31)15-17-8-6-7-16(2)13-17/h4-14,31H,3,15H2,1-2H3,(H,27,32). The number of rotatable bonds is 5. The van der Waals surface area contributed by atoms with E-state index in [0.29, 0.717) is 12.2 Å². The number of fused-ring (bicyclic) bond motifs is 1. The number of anilines is 1. The molecule has 0 aliphatic heterocycles. The van der Waals surface area contributed by atoms with Gasteiger partial charge in [-0.3, -0.25) is 0 Å². The third kappa shape index (κ3) is 4.74. The molecule has 3 aromatic carbocycles. The molecule has 0 aliphatic rings. The highest BCUT2D eigenvalue weighted by Gasteiger charge is 2.17. The van der Waals surface area contributed by atoms with E-state index in [1.165, 1.54) is 5.56 Å². The molecule has 0 spiro atoms. The topological polar surface area (TPSA) is 61.9 Å². The van der Waals surface area contributed by atoms with E-state index in [1.807, 2.05) is 59.2 Å². The van der Waals surface area contributed by atoms with Crippen molar-refractivity contribution in [1.82, 2.24) is 4.57 Å². The van der Waals surface area contributed by atoms with Crippen LogP contribution in [0.15, 0.2) is 81.4 Å². The number of para-hydroxylation sites is 1. The number of aromatic hydroxyl groups is 1. The average molecular weight is 507 g/mol. The van der Waals surface area contributed by atoms with Gasteiger partial charge in [-0.1, -0.05) is 70.9 Å². The van der Waals surface area contributed by atoms with Crippen molar-refractivity contribution < 1.29 is 5.11 Å². The Morgan fingerprint density at radius 2 is 1.91 bits per heavy atom. The van der Waals surface area contributed by atoms with E-state index in [1.54, 1.807) is 0 Å². The van der Waals surface area contributed by atoms with Gasteiger partial charge in [-0.15, -0.1) is 10.2 Å². The predicted octanol–water partition coefficient (Wildman–Crippen LogP) is 7.51. The average Bonchev–Trinajstić information content (AvgIpc) is 3.03. The van der Waals surface area contributed by atoms with Crippen LogP contribution >= 0.6 is 28.1 Å². The second-order valence-corrected chi connectivity index (χ2v) is 8.85. The predicted molar refractivity (Wildman–Crippen MR) is 138 cm³/mol. The Morgan fingerprint density at radius 1 is 1.09 bits per heavy atom. The summed E-state index contributed by atoms with van der Waals surface area (Å²) in [6.45, 7) is 4.66. The summed E-state index contributed by atoms with van der Waals surface area (Å²) >= 11 is 8.91. The number of aromatic nitrogens is 1. The van der Waals surface area contributed by atoms with Crippen molar-refractivity contribution >= 4 is 55.5 Å². The first-order chi connectivity index (χ1) is 15.5. The molecule has 2 N–H and O–H groups in total. The van der Waals surface area contributed by atoms with E-state index in [-0.39, 0.29) is 11.0 Å². The van der Waals surface area contributed by atoms with Crippen molar-refractivity contribution in [2.45, 2.75) is 26.8 Å². The quantitative estimate of drug-likeness (QED) is 0.217. The Labute approximate surface area is 200 Å². The van der Waals surface area contributed by atoms with Crippen LogP contribution in [-0.2, 0) is 13.0 Å². The summed E-state index contributed by atoms with van der Waals surface area (Å²) in [5.74, 6) is 0.0557. The van der Waals surface area contributed by atoms with Gasteiger partial charge in [0.15, 0.2) is 5.69 Å². The van der Waals surface area contributed by atoms with E-state index >= 15 is 0 Å². The molecule has 32 heavy (non-hydrogen) atoms. The summed E-state index contributed by atoms with van der Waals surface area (Å²) in [5.41, 5.74) is 5.58. The van der Waals surface area contributed by atoms with Gasteiger partial charge in [-0.2, -0.15) is 0 Å². The molecule has 0 radical (unpaired) electrons. The lowest BCUT2D eigenvalue weighted by atomic mass is 10.1. The largest absolute Gasteiger partial charge is 0.493 e. The highest BCUT2D eigenvalue weighted by molar-refractivity contribution is 9.10. The van der Waals surface area contributed by atoms with Crippen molar-refractivity contribution in [3.63, 3.8) is 0 Å². The highest BCUT2D eigenvalue weighted by Crippen LogP contribution is 2.40. The molecule has 4 rings (SSSR count). The number of hydrogen-bond donors (Lipinski definition) is 2. The molecule has 1 heterocycles. The van der Waals surface area contributed by atoms with Gasteiger partial charge < -0.3 is 15.0 Å². The van der Waals surface area contributed by atoms with Crippen LogP contribution in [0.3, 0.4) is 0 Å². The van der Waals surface area contributed by atoms with Crippen LogP contribution < -0.4 is 5.32 Å². The Bertz CT molecular complexity index is 1330. The van der Waals surface area contributed by atoms with Gasteiger partial charge >= 0.3 is 0 Å². The van der Waals surface area contributed by atoms with Crippen LogP contribution in [0, 0.1) is 6.92 Å².